The number of fused-ring (bicyclic) bond motifs is 1. The second-order valence-electron chi connectivity index (χ2n) is 22.2. The van der Waals surface area contributed by atoms with E-state index in [4.69, 9.17) is 0 Å². The zero-order valence-electron chi connectivity index (χ0n) is 46.8. The number of aromatic carboxylic acids is 1. The quantitative estimate of drug-likeness (QED) is 0.0529. The molecule has 0 amide bonds. The van der Waals surface area contributed by atoms with Gasteiger partial charge in [0.05, 0.1) is 9.13 Å². The third kappa shape index (κ3) is 32.6. The molecular weight excluding hydrogens is 972 g/mol. The largest absolute Gasteiger partial charge is 0.478 e. The molecule has 0 aliphatic carbocycles. The summed E-state index contributed by atoms with van der Waals surface area (Å²) in [5.41, 5.74) is 3.45. The Morgan fingerprint density at radius 2 is 0.600 bits per heavy atom. The standard InChI is InChI=1S/C65H115IO4/c1-4-7-10-13-16-19-22-25-28-31-34-37-40-43-46-49-52-58-55-56-61-62(60(58)54-51-48-45-42-39-36-33-30-27-24-21-18-15-12-9-6-3)57-59(63(65(67)68)64(61)66(69)70)53-50-47-44-41-38-35-32-29-26-23-20-17-14-11-8-5-2/h55-57H,4-54H2,1-3H3,(H,67,68). The number of carboxylic acid groups (broad SMARTS) is 1. The number of hydrogen-bond donors (Lipinski definition) is 1. The fraction of sp³-hybridized carbons (Fsp3) is 0.831. The van der Waals surface area contributed by atoms with Gasteiger partial charge in [0.15, 0.2) is 0 Å². The molecule has 406 valence electrons. The summed E-state index contributed by atoms with van der Waals surface area (Å²) >= 11 is -4.13. The number of benzene rings is 2. The summed E-state index contributed by atoms with van der Waals surface area (Å²) in [6.45, 7) is 6.87. The molecule has 2 aromatic rings. The molecule has 0 aliphatic heterocycles. The molecule has 4 nitrogen and oxygen atoms in total. The van der Waals surface area contributed by atoms with E-state index in [9.17, 15) is 16.0 Å². The highest BCUT2D eigenvalue weighted by Gasteiger charge is 2.24. The molecule has 0 saturated heterocycles. The molecule has 0 atom stereocenters. The van der Waals surface area contributed by atoms with E-state index in [1.165, 1.54) is 287 Å². The predicted octanol–water partition coefficient (Wildman–Crippen LogP) is 23.3. The summed E-state index contributed by atoms with van der Waals surface area (Å²) in [5, 5.41) is 12.2. The molecule has 0 heterocycles. The summed E-state index contributed by atoms with van der Waals surface area (Å²) in [4.78, 5) is 12.9. The number of hydrogen-bond acceptors (Lipinski definition) is 3. The van der Waals surface area contributed by atoms with Gasteiger partial charge < -0.3 is 5.11 Å². The Labute approximate surface area is 442 Å². The van der Waals surface area contributed by atoms with Crippen LogP contribution in [0.2, 0.25) is 0 Å². The van der Waals surface area contributed by atoms with Crippen molar-refractivity contribution in [2.75, 3.05) is 0 Å². The maximum absolute atomic E-state index is 13.1. The van der Waals surface area contributed by atoms with E-state index in [0.717, 1.165) is 55.9 Å². The van der Waals surface area contributed by atoms with Crippen LogP contribution in [0.1, 0.15) is 356 Å². The fourth-order valence-electron chi connectivity index (χ4n) is 11.3. The first-order valence-electron chi connectivity index (χ1n) is 31.3. The van der Waals surface area contributed by atoms with E-state index in [-0.39, 0.29) is 9.13 Å². The lowest BCUT2D eigenvalue weighted by molar-refractivity contribution is 0.0694. The zero-order chi connectivity index (χ0) is 50.4. The Morgan fingerprint density at radius 3 is 0.871 bits per heavy atom. The van der Waals surface area contributed by atoms with Crippen LogP contribution in [0.4, 0.5) is 0 Å². The molecule has 0 bridgehead atoms. The minimum absolute atomic E-state index is 0.0579. The van der Waals surface area contributed by atoms with E-state index >= 15 is 0 Å². The van der Waals surface area contributed by atoms with Crippen molar-refractivity contribution in [2.24, 2.45) is 0 Å². The Balaban J connectivity index is 1.96. The lowest BCUT2D eigenvalue weighted by Crippen LogP contribution is -2.09. The molecule has 0 radical (unpaired) electrons. The van der Waals surface area contributed by atoms with E-state index < -0.39 is 25.8 Å². The Kier molecular flexibility index (Phi) is 43.6. The predicted molar refractivity (Wildman–Crippen MR) is 315 cm³/mol. The molecule has 0 aromatic heterocycles. The highest BCUT2D eigenvalue weighted by Crippen LogP contribution is 2.38. The van der Waals surface area contributed by atoms with Crippen LogP contribution in [0.3, 0.4) is 0 Å². The van der Waals surface area contributed by atoms with Crippen molar-refractivity contribution in [1.29, 1.82) is 0 Å². The average Bonchev–Trinajstić information content (AvgIpc) is 3.35. The Bertz CT molecular complexity index is 1590. The monoisotopic (exact) mass is 1090 g/mol. The van der Waals surface area contributed by atoms with E-state index in [0.29, 0.717) is 11.8 Å². The van der Waals surface area contributed by atoms with E-state index in [1.807, 2.05) is 6.07 Å². The topological polar surface area (TPSA) is 71.4 Å². The highest BCUT2D eigenvalue weighted by atomic mass is 127. The van der Waals surface area contributed by atoms with Gasteiger partial charge >= 0.3 is 25.8 Å². The molecule has 0 unspecified atom stereocenters. The number of aryl methyl sites for hydroxylation is 3. The SMILES string of the molecule is CCCCCCCCCCCCCCCCCCc1cc2c(CCCCCCCCCCCCCCCCCC)c(CCCCCCCCCCCCCCCCCC)ccc2c(I(=O)=O)c1C(=O)O. The van der Waals surface area contributed by atoms with Crippen molar-refractivity contribution in [3.63, 3.8) is 0 Å². The highest BCUT2D eigenvalue weighted by molar-refractivity contribution is 14.2. The number of halogens is 1. The zero-order valence-corrected chi connectivity index (χ0v) is 49.0. The van der Waals surface area contributed by atoms with Crippen LogP contribution in [0.25, 0.3) is 10.8 Å². The maximum atomic E-state index is 13.1. The van der Waals surface area contributed by atoms with Gasteiger partial charge in [0.1, 0.15) is 0 Å². The third-order valence-corrected chi connectivity index (χ3v) is 17.8. The smallest absolute Gasteiger partial charge is 0.342 e. The summed E-state index contributed by atoms with van der Waals surface area (Å²) in [6, 6.07) is 6.26. The second-order valence-corrected chi connectivity index (χ2v) is 24.5. The molecule has 5 heteroatoms. The van der Waals surface area contributed by atoms with Gasteiger partial charge in [0.2, 0.25) is 0 Å². The second kappa shape index (κ2) is 47.2. The van der Waals surface area contributed by atoms with Gasteiger partial charge in [-0.3, -0.25) is 0 Å². The van der Waals surface area contributed by atoms with Crippen LogP contribution in [0, 0.1) is 3.57 Å². The van der Waals surface area contributed by atoms with Gasteiger partial charge in [-0.2, -0.15) is 0 Å². The van der Waals surface area contributed by atoms with Crippen LogP contribution in [0.5, 0.6) is 0 Å². The van der Waals surface area contributed by atoms with Crippen molar-refractivity contribution in [1.82, 2.24) is 0 Å². The van der Waals surface area contributed by atoms with Crippen molar-refractivity contribution >= 4 is 36.5 Å². The molecule has 1 N–H and O–H groups in total. The van der Waals surface area contributed by atoms with Crippen LogP contribution >= 0.6 is 19.8 Å². The van der Waals surface area contributed by atoms with Gasteiger partial charge in [-0.05, 0) is 66.7 Å². The number of carbonyl (C=O) groups is 1. The van der Waals surface area contributed by atoms with Crippen molar-refractivity contribution in [3.8, 4) is 0 Å². The first-order valence-corrected chi connectivity index (χ1v) is 34.2. The molecule has 2 rings (SSSR count). The molecule has 0 aliphatic rings. The summed E-state index contributed by atoms with van der Waals surface area (Å²) in [6.07, 6.45) is 66.7. The fourth-order valence-corrected chi connectivity index (χ4v) is 13.2. The van der Waals surface area contributed by atoms with Crippen LogP contribution in [-0.4, -0.2) is 11.1 Å². The summed E-state index contributed by atoms with van der Waals surface area (Å²) in [7, 11) is 0. The molecular formula is C65H115IO4. The molecule has 0 spiro atoms. The number of rotatable bonds is 53. The molecule has 2 aromatic carbocycles. The number of carboxylic acids is 1. The van der Waals surface area contributed by atoms with Crippen molar-refractivity contribution < 1.29 is 16.0 Å². The Morgan fingerprint density at radius 1 is 0.343 bits per heavy atom. The van der Waals surface area contributed by atoms with Gasteiger partial charge in [0.25, 0.3) is 0 Å². The van der Waals surface area contributed by atoms with Crippen molar-refractivity contribution in [3.05, 3.63) is 44.0 Å². The van der Waals surface area contributed by atoms with Crippen LogP contribution < -0.4 is 0 Å². The molecule has 70 heavy (non-hydrogen) atoms. The minimum atomic E-state index is -4.13. The number of unbranched alkanes of at least 4 members (excludes halogenated alkanes) is 45. The lowest BCUT2D eigenvalue weighted by atomic mass is 9.88. The lowest BCUT2D eigenvalue weighted by Gasteiger charge is -2.18. The normalized spacial score (nSPS) is 11.8. The van der Waals surface area contributed by atoms with E-state index in [2.05, 4.69) is 32.9 Å². The van der Waals surface area contributed by atoms with Crippen molar-refractivity contribution in [2.45, 2.75) is 348 Å². The maximum Gasteiger partial charge on any atom is 0.342 e. The molecule has 0 saturated carbocycles. The molecule has 0 fully saturated rings. The minimum Gasteiger partial charge on any atom is -0.478 e. The van der Waals surface area contributed by atoms with E-state index in [1.54, 1.807) is 0 Å². The Hall–Kier alpha value is -1.50. The summed E-state index contributed by atoms with van der Waals surface area (Å²) < 4.78 is 26.4. The summed E-state index contributed by atoms with van der Waals surface area (Å²) in [5.74, 6) is -1.09. The first-order chi connectivity index (χ1) is 34.5. The average molecular weight is 1090 g/mol. The third-order valence-electron chi connectivity index (χ3n) is 15.8. The van der Waals surface area contributed by atoms with Gasteiger partial charge in [-0.1, -0.05) is 322 Å². The van der Waals surface area contributed by atoms with Gasteiger partial charge in [0, 0.05) is 5.39 Å². The van der Waals surface area contributed by atoms with Crippen LogP contribution in [0.15, 0.2) is 18.2 Å². The van der Waals surface area contributed by atoms with Gasteiger partial charge in [-0.25, -0.2) is 10.9 Å². The first kappa shape index (κ1) is 64.6. The van der Waals surface area contributed by atoms with Gasteiger partial charge in [-0.15, -0.1) is 0 Å². The van der Waals surface area contributed by atoms with Crippen LogP contribution in [-0.2, 0) is 25.4 Å².